The second kappa shape index (κ2) is 12.1. The first kappa shape index (κ1) is 27.1. The minimum Gasteiger partial charge on any atom is -0.490 e. The molecule has 3 aromatic carbocycles. The third kappa shape index (κ3) is 6.51. The van der Waals surface area contributed by atoms with Crippen LogP contribution in [-0.4, -0.2) is 27.8 Å². The highest BCUT2D eigenvalue weighted by Crippen LogP contribution is 2.35. The number of hydrogen-bond acceptors (Lipinski definition) is 6. The standard InChI is InChI=1S/C26H19BrClFN2O4S2/c1-2-34-22-12-15(6-11-21(22)35-14-18-19(28)4-3-5-20(18)29)13-23-25(33)31(26(36)37-23)30-24(32)16-7-9-17(27)10-8-16/h3-13H,2,14H2,1H3,(H,30,32)/b23-13+. The Morgan fingerprint density at radius 2 is 1.92 bits per heavy atom. The number of rotatable bonds is 8. The first-order valence-corrected chi connectivity index (χ1v) is 13.3. The van der Waals surface area contributed by atoms with Crippen LogP contribution in [0.1, 0.15) is 28.4 Å². The van der Waals surface area contributed by atoms with Crippen LogP contribution < -0.4 is 14.9 Å². The van der Waals surface area contributed by atoms with Gasteiger partial charge in [0, 0.05) is 15.6 Å². The molecule has 190 valence electrons. The van der Waals surface area contributed by atoms with Crippen LogP contribution in [0.2, 0.25) is 5.02 Å². The van der Waals surface area contributed by atoms with E-state index in [0.717, 1.165) is 21.2 Å². The number of hydrazine groups is 1. The van der Waals surface area contributed by atoms with E-state index in [4.69, 9.17) is 33.3 Å². The van der Waals surface area contributed by atoms with Gasteiger partial charge in [-0.15, -0.1) is 0 Å². The fourth-order valence-corrected chi connectivity index (χ4v) is 4.97. The molecule has 4 rings (SSSR count). The predicted octanol–water partition coefficient (Wildman–Crippen LogP) is 6.77. The maximum absolute atomic E-state index is 14.1. The minimum atomic E-state index is -0.462. The van der Waals surface area contributed by atoms with Crippen LogP contribution in [0.3, 0.4) is 0 Å². The molecule has 1 aliphatic rings. The first-order valence-electron chi connectivity index (χ1n) is 10.9. The SMILES string of the molecule is CCOc1cc(/C=C2/SC(=S)N(NC(=O)c3ccc(Br)cc3)C2=O)ccc1OCc1c(F)cccc1Cl. The number of amides is 2. The van der Waals surface area contributed by atoms with Gasteiger partial charge in [-0.25, -0.2) is 4.39 Å². The van der Waals surface area contributed by atoms with Crippen molar-refractivity contribution in [2.45, 2.75) is 13.5 Å². The second-order valence-electron chi connectivity index (χ2n) is 7.59. The van der Waals surface area contributed by atoms with E-state index < -0.39 is 17.6 Å². The summed E-state index contributed by atoms with van der Waals surface area (Å²) in [4.78, 5) is 25.9. The maximum atomic E-state index is 14.1. The van der Waals surface area contributed by atoms with Gasteiger partial charge >= 0.3 is 0 Å². The van der Waals surface area contributed by atoms with E-state index in [0.29, 0.717) is 34.1 Å². The molecule has 37 heavy (non-hydrogen) atoms. The van der Waals surface area contributed by atoms with Gasteiger partial charge in [0.05, 0.1) is 16.5 Å². The van der Waals surface area contributed by atoms with Crippen LogP contribution in [0.15, 0.2) is 70.0 Å². The Hall–Kier alpha value is -2.92. The number of nitrogens with zero attached hydrogens (tertiary/aromatic N) is 1. The van der Waals surface area contributed by atoms with Gasteiger partial charge < -0.3 is 9.47 Å². The molecular formula is C26H19BrClFN2O4S2. The molecule has 0 atom stereocenters. The molecule has 1 saturated heterocycles. The highest BCUT2D eigenvalue weighted by molar-refractivity contribution is 9.10. The van der Waals surface area contributed by atoms with E-state index in [2.05, 4.69) is 21.4 Å². The molecule has 0 unspecified atom stereocenters. The topological polar surface area (TPSA) is 67.9 Å². The van der Waals surface area contributed by atoms with Crippen LogP contribution in [0, 0.1) is 5.82 Å². The van der Waals surface area contributed by atoms with Crippen molar-refractivity contribution < 1.29 is 23.5 Å². The second-order valence-corrected chi connectivity index (χ2v) is 10.6. The highest BCUT2D eigenvalue weighted by Gasteiger charge is 2.33. The molecule has 0 aliphatic carbocycles. The molecule has 0 bridgehead atoms. The van der Waals surface area contributed by atoms with Gasteiger partial charge in [-0.3, -0.25) is 15.0 Å². The summed E-state index contributed by atoms with van der Waals surface area (Å²) in [7, 11) is 0. The van der Waals surface area contributed by atoms with Gasteiger partial charge in [0.2, 0.25) is 0 Å². The lowest BCUT2D eigenvalue weighted by molar-refractivity contribution is -0.123. The Balaban J connectivity index is 1.50. The molecule has 0 radical (unpaired) electrons. The molecule has 1 aliphatic heterocycles. The number of benzene rings is 3. The van der Waals surface area contributed by atoms with Crippen molar-refractivity contribution in [2.24, 2.45) is 0 Å². The Kier molecular flexibility index (Phi) is 8.86. The number of ether oxygens (including phenoxy) is 2. The van der Waals surface area contributed by atoms with Crippen LogP contribution in [0.25, 0.3) is 6.08 Å². The van der Waals surface area contributed by atoms with Crippen molar-refractivity contribution in [3.05, 3.63) is 97.6 Å². The van der Waals surface area contributed by atoms with Crippen molar-refractivity contribution in [2.75, 3.05) is 6.61 Å². The largest absolute Gasteiger partial charge is 0.490 e. The predicted molar refractivity (Wildman–Crippen MR) is 150 cm³/mol. The van der Waals surface area contributed by atoms with E-state index in [1.807, 2.05) is 6.92 Å². The van der Waals surface area contributed by atoms with E-state index in [1.165, 1.54) is 12.1 Å². The monoisotopic (exact) mass is 620 g/mol. The smallest absolute Gasteiger partial charge is 0.285 e. The summed E-state index contributed by atoms with van der Waals surface area (Å²) in [5, 5.41) is 1.32. The van der Waals surface area contributed by atoms with E-state index in [-0.39, 0.29) is 21.5 Å². The quantitative estimate of drug-likeness (QED) is 0.221. The summed E-state index contributed by atoms with van der Waals surface area (Å²) in [6, 6.07) is 16.3. The average molecular weight is 622 g/mol. The van der Waals surface area contributed by atoms with E-state index >= 15 is 0 Å². The third-order valence-corrected chi connectivity index (χ3v) is 7.30. The molecular weight excluding hydrogens is 603 g/mol. The highest BCUT2D eigenvalue weighted by atomic mass is 79.9. The zero-order valence-electron chi connectivity index (χ0n) is 19.3. The Morgan fingerprint density at radius 1 is 1.16 bits per heavy atom. The molecule has 6 nitrogen and oxygen atoms in total. The lowest BCUT2D eigenvalue weighted by Crippen LogP contribution is -2.44. The summed E-state index contributed by atoms with van der Waals surface area (Å²) < 4.78 is 26.6. The first-order chi connectivity index (χ1) is 17.8. The van der Waals surface area contributed by atoms with Gasteiger partial charge in [0.15, 0.2) is 15.8 Å². The lowest BCUT2D eigenvalue weighted by atomic mass is 10.1. The lowest BCUT2D eigenvalue weighted by Gasteiger charge is -2.15. The van der Waals surface area contributed by atoms with Gasteiger partial charge in [-0.1, -0.05) is 51.4 Å². The summed E-state index contributed by atoms with van der Waals surface area (Å²) in [5.74, 6) is -0.556. The number of thiocarbonyl (C=S) groups is 1. The van der Waals surface area contributed by atoms with Crippen molar-refractivity contribution >= 4 is 73.7 Å². The van der Waals surface area contributed by atoms with Crippen molar-refractivity contribution in [1.29, 1.82) is 0 Å². The summed E-state index contributed by atoms with van der Waals surface area (Å²) in [6.07, 6.45) is 1.64. The molecule has 0 saturated carbocycles. The van der Waals surface area contributed by atoms with Crippen LogP contribution >= 0.6 is 51.5 Å². The number of carbonyl (C=O) groups is 2. The molecule has 0 aromatic heterocycles. The molecule has 0 spiro atoms. The van der Waals surface area contributed by atoms with Crippen LogP contribution in [0.5, 0.6) is 11.5 Å². The van der Waals surface area contributed by atoms with Gasteiger partial charge in [0.1, 0.15) is 12.4 Å². The summed E-state index contributed by atoms with van der Waals surface area (Å²) in [5.41, 5.74) is 3.83. The molecule has 1 N–H and O–H groups in total. The van der Waals surface area contributed by atoms with Crippen LogP contribution in [0.4, 0.5) is 4.39 Å². The number of halogens is 3. The van der Waals surface area contributed by atoms with Crippen LogP contribution in [-0.2, 0) is 11.4 Å². The number of hydrogen-bond donors (Lipinski definition) is 1. The van der Waals surface area contributed by atoms with Gasteiger partial charge in [-0.2, -0.15) is 5.01 Å². The third-order valence-electron chi connectivity index (χ3n) is 5.11. The van der Waals surface area contributed by atoms with Crippen molar-refractivity contribution in [3.8, 4) is 11.5 Å². The average Bonchev–Trinajstić information content (AvgIpc) is 3.12. The zero-order valence-corrected chi connectivity index (χ0v) is 23.3. The zero-order chi connectivity index (χ0) is 26.5. The minimum absolute atomic E-state index is 0.0817. The number of nitrogens with one attached hydrogen (secondary N) is 1. The summed E-state index contributed by atoms with van der Waals surface area (Å²) >= 11 is 15.8. The fourth-order valence-electron chi connectivity index (χ4n) is 3.30. The molecule has 2 amide bonds. The maximum Gasteiger partial charge on any atom is 0.285 e. The van der Waals surface area contributed by atoms with Gasteiger partial charge in [0.25, 0.3) is 11.8 Å². The van der Waals surface area contributed by atoms with Crippen molar-refractivity contribution in [1.82, 2.24) is 10.4 Å². The van der Waals surface area contributed by atoms with Crippen molar-refractivity contribution in [3.63, 3.8) is 0 Å². The van der Waals surface area contributed by atoms with E-state index in [1.54, 1.807) is 54.6 Å². The normalized spacial score (nSPS) is 14.3. The summed E-state index contributed by atoms with van der Waals surface area (Å²) in [6.45, 7) is 2.11. The van der Waals surface area contributed by atoms with E-state index in [9.17, 15) is 14.0 Å². The Labute approximate surface area is 235 Å². The Bertz CT molecular complexity index is 1380. The molecule has 1 fully saturated rings. The molecule has 1 heterocycles. The van der Waals surface area contributed by atoms with Gasteiger partial charge in [-0.05, 0) is 79.3 Å². The fraction of sp³-hybridized carbons (Fsp3) is 0.115. The Morgan fingerprint density at radius 3 is 2.62 bits per heavy atom. The number of thioether (sulfide) groups is 1. The molecule has 11 heteroatoms. The molecule has 3 aromatic rings. The number of carbonyl (C=O) groups excluding carboxylic acids is 2.